The number of rotatable bonds is 5. The lowest BCUT2D eigenvalue weighted by molar-refractivity contribution is 0.230. The van der Waals surface area contributed by atoms with Crippen LogP contribution in [0, 0.1) is 11.3 Å². The van der Waals surface area contributed by atoms with E-state index in [9.17, 15) is 0 Å². The fourth-order valence-electron chi connectivity index (χ4n) is 2.25. The molecule has 1 nitrogen and oxygen atoms in total. The molecule has 1 atom stereocenters. The highest BCUT2D eigenvalue weighted by molar-refractivity contribution is 6.35. The van der Waals surface area contributed by atoms with E-state index in [-0.39, 0.29) is 5.41 Å². The molecule has 1 aromatic carbocycles. The zero-order valence-corrected chi connectivity index (χ0v) is 13.5. The third kappa shape index (κ3) is 4.37. The molecule has 0 heterocycles. The minimum atomic E-state index is 0.240. The highest BCUT2D eigenvalue weighted by atomic mass is 35.5. The van der Waals surface area contributed by atoms with Gasteiger partial charge in [-0.15, -0.1) is 0 Å². The predicted molar refractivity (Wildman–Crippen MR) is 84.1 cm³/mol. The Morgan fingerprint density at radius 3 is 2.26 bits per heavy atom. The summed E-state index contributed by atoms with van der Waals surface area (Å²) in [6, 6.07) is 6.50. The van der Waals surface area contributed by atoms with Gasteiger partial charge in [-0.05, 0) is 54.8 Å². The number of nitrogens with one attached hydrogen (secondary N) is 1. The van der Waals surface area contributed by atoms with Gasteiger partial charge in [0.1, 0.15) is 0 Å². The first-order chi connectivity index (χ1) is 8.88. The second-order valence-corrected chi connectivity index (χ2v) is 7.46. The van der Waals surface area contributed by atoms with Crippen LogP contribution < -0.4 is 5.32 Å². The average Bonchev–Trinajstić information content (AvgIpc) is 3.09. The van der Waals surface area contributed by atoms with Crippen molar-refractivity contribution in [3.05, 3.63) is 33.8 Å². The molecule has 0 radical (unpaired) electrons. The van der Waals surface area contributed by atoms with Gasteiger partial charge in [0.25, 0.3) is 0 Å². The Labute approximate surface area is 126 Å². The lowest BCUT2D eigenvalue weighted by atomic mass is 9.77. The van der Waals surface area contributed by atoms with E-state index in [4.69, 9.17) is 23.2 Å². The summed E-state index contributed by atoms with van der Waals surface area (Å²) in [6.07, 6.45) is 3.58. The van der Waals surface area contributed by atoms with Crippen LogP contribution in [-0.4, -0.2) is 12.6 Å². The summed E-state index contributed by atoms with van der Waals surface area (Å²) in [4.78, 5) is 0. The Kier molecular flexibility index (Phi) is 4.81. The smallest absolute Gasteiger partial charge is 0.0452 e. The quantitative estimate of drug-likeness (QED) is 0.811. The summed E-state index contributed by atoms with van der Waals surface area (Å²) in [5, 5.41) is 5.21. The van der Waals surface area contributed by atoms with Crippen LogP contribution in [0.3, 0.4) is 0 Å². The van der Waals surface area contributed by atoms with Crippen LogP contribution in [0.5, 0.6) is 0 Å². The Hall–Kier alpha value is -0.240. The van der Waals surface area contributed by atoms with Crippen molar-refractivity contribution in [2.45, 2.75) is 46.1 Å². The van der Waals surface area contributed by atoms with Crippen molar-refractivity contribution < 1.29 is 0 Å². The minimum absolute atomic E-state index is 0.240. The zero-order valence-electron chi connectivity index (χ0n) is 12.0. The molecule has 0 saturated heterocycles. The van der Waals surface area contributed by atoms with E-state index >= 15 is 0 Å². The molecule has 0 spiro atoms. The summed E-state index contributed by atoms with van der Waals surface area (Å²) in [5.41, 5.74) is 1.33. The summed E-state index contributed by atoms with van der Waals surface area (Å²) in [6.45, 7) is 7.90. The number of hydrogen-bond donors (Lipinski definition) is 1. The highest BCUT2D eigenvalue weighted by Crippen LogP contribution is 2.34. The molecular weight excluding hydrogens is 277 g/mol. The van der Waals surface area contributed by atoms with Gasteiger partial charge in [-0.3, -0.25) is 0 Å². The van der Waals surface area contributed by atoms with Crippen LogP contribution in [0.25, 0.3) is 0 Å². The molecular formula is C16H23Cl2N. The van der Waals surface area contributed by atoms with Crippen LogP contribution >= 0.6 is 23.2 Å². The monoisotopic (exact) mass is 299 g/mol. The SMILES string of the molecule is CC(C)(C)C(CNC1CC1)Cc1c(Cl)cccc1Cl. The summed E-state index contributed by atoms with van der Waals surface area (Å²) >= 11 is 12.6. The third-order valence-corrected chi connectivity index (χ3v) is 4.68. The molecule has 1 aliphatic carbocycles. The Bertz CT molecular complexity index is 413. The van der Waals surface area contributed by atoms with Gasteiger partial charge < -0.3 is 5.32 Å². The molecule has 19 heavy (non-hydrogen) atoms. The van der Waals surface area contributed by atoms with E-state index in [1.54, 1.807) is 0 Å². The molecule has 1 unspecified atom stereocenters. The highest BCUT2D eigenvalue weighted by Gasteiger charge is 2.29. The molecule has 106 valence electrons. The predicted octanol–water partition coefficient (Wildman–Crippen LogP) is 4.95. The Morgan fingerprint density at radius 1 is 1.21 bits per heavy atom. The molecule has 0 amide bonds. The number of halogens is 2. The standard InChI is InChI=1S/C16H23Cl2N/c1-16(2,3)11(10-19-12-7-8-12)9-13-14(17)5-4-6-15(13)18/h4-6,11-12,19H,7-10H2,1-3H3. The van der Waals surface area contributed by atoms with E-state index in [1.165, 1.54) is 12.8 Å². The van der Waals surface area contributed by atoms with E-state index in [2.05, 4.69) is 26.1 Å². The maximum atomic E-state index is 6.29. The Balaban J connectivity index is 2.09. The average molecular weight is 300 g/mol. The molecule has 1 aromatic rings. The molecule has 1 N–H and O–H groups in total. The van der Waals surface area contributed by atoms with Gasteiger partial charge in [-0.2, -0.15) is 0 Å². The van der Waals surface area contributed by atoms with E-state index in [1.807, 2.05) is 18.2 Å². The molecule has 0 aliphatic heterocycles. The molecule has 0 bridgehead atoms. The normalized spacial score (nSPS) is 17.5. The van der Waals surface area contributed by atoms with Crippen molar-refractivity contribution in [2.75, 3.05) is 6.54 Å². The van der Waals surface area contributed by atoms with Gasteiger partial charge in [0, 0.05) is 16.1 Å². The molecule has 0 aromatic heterocycles. The summed E-state index contributed by atoms with van der Waals surface area (Å²) in [5.74, 6) is 0.533. The fraction of sp³-hybridized carbons (Fsp3) is 0.625. The largest absolute Gasteiger partial charge is 0.314 e. The summed E-state index contributed by atoms with van der Waals surface area (Å²) in [7, 11) is 0. The van der Waals surface area contributed by atoms with E-state index in [0.717, 1.165) is 34.6 Å². The first-order valence-electron chi connectivity index (χ1n) is 7.04. The van der Waals surface area contributed by atoms with E-state index in [0.29, 0.717) is 5.92 Å². The minimum Gasteiger partial charge on any atom is -0.314 e. The van der Waals surface area contributed by atoms with Crippen molar-refractivity contribution in [2.24, 2.45) is 11.3 Å². The van der Waals surface area contributed by atoms with Crippen molar-refractivity contribution in [1.29, 1.82) is 0 Å². The van der Waals surface area contributed by atoms with Crippen molar-refractivity contribution in [3.63, 3.8) is 0 Å². The maximum Gasteiger partial charge on any atom is 0.0452 e. The van der Waals surface area contributed by atoms with Crippen molar-refractivity contribution in [3.8, 4) is 0 Å². The van der Waals surface area contributed by atoms with Gasteiger partial charge in [0.05, 0.1) is 0 Å². The van der Waals surface area contributed by atoms with Gasteiger partial charge in [0.2, 0.25) is 0 Å². The van der Waals surface area contributed by atoms with Crippen LogP contribution in [0.2, 0.25) is 10.0 Å². The topological polar surface area (TPSA) is 12.0 Å². The molecule has 1 aliphatic rings. The van der Waals surface area contributed by atoms with Crippen LogP contribution in [0.15, 0.2) is 18.2 Å². The van der Waals surface area contributed by atoms with Crippen molar-refractivity contribution >= 4 is 23.2 Å². The van der Waals surface area contributed by atoms with E-state index < -0.39 is 0 Å². The first-order valence-corrected chi connectivity index (χ1v) is 7.80. The summed E-state index contributed by atoms with van der Waals surface area (Å²) < 4.78 is 0. The Morgan fingerprint density at radius 2 is 1.79 bits per heavy atom. The lowest BCUT2D eigenvalue weighted by Gasteiger charge is -2.32. The first kappa shape index (κ1) is 15.2. The molecule has 1 saturated carbocycles. The number of hydrogen-bond acceptors (Lipinski definition) is 1. The third-order valence-electron chi connectivity index (χ3n) is 3.97. The van der Waals surface area contributed by atoms with Crippen LogP contribution in [0.4, 0.5) is 0 Å². The molecule has 1 fully saturated rings. The van der Waals surface area contributed by atoms with Crippen molar-refractivity contribution in [1.82, 2.24) is 5.32 Å². The van der Waals surface area contributed by atoms with Crippen LogP contribution in [-0.2, 0) is 6.42 Å². The van der Waals surface area contributed by atoms with Gasteiger partial charge >= 0.3 is 0 Å². The molecule has 2 rings (SSSR count). The maximum absolute atomic E-state index is 6.29. The number of benzene rings is 1. The van der Waals surface area contributed by atoms with Gasteiger partial charge in [-0.1, -0.05) is 50.0 Å². The fourth-order valence-corrected chi connectivity index (χ4v) is 2.81. The second kappa shape index (κ2) is 6.03. The molecule has 3 heteroatoms. The second-order valence-electron chi connectivity index (χ2n) is 6.65. The zero-order chi connectivity index (χ0) is 14.0. The van der Waals surface area contributed by atoms with Gasteiger partial charge in [-0.25, -0.2) is 0 Å². The van der Waals surface area contributed by atoms with Crippen LogP contribution in [0.1, 0.15) is 39.2 Å². The lowest BCUT2D eigenvalue weighted by Crippen LogP contribution is -2.34. The van der Waals surface area contributed by atoms with Gasteiger partial charge in [0.15, 0.2) is 0 Å².